The fourth-order valence-electron chi connectivity index (χ4n) is 1.87. The van der Waals surface area contributed by atoms with Crippen LogP contribution < -0.4 is 4.74 Å². The van der Waals surface area contributed by atoms with Gasteiger partial charge in [-0.2, -0.15) is 0 Å². The van der Waals surface area contributed by atoms with Crippen molar-refractivity contribution in [1.82, 2.24) is 0 Å². The molecule has 2 rings (SSSR count). The summed E-state index contributed by atoms with van der Waals surface area (Å²) in [6, 6.07) is 11.5. The Kier molecular flexibility index (Phi) is 5.22. The number of benzene rings is 2. The van der Waals surface area contributed by atoms with Gasteiger partial charge in [-0.3, -0.25) is 0 Å². The second-order valence-electron chi connectivity index (χ2n) is 4.38. The smallest absolute Gasteiger partial charge is 0.339 e. The first-order chi connectivity index (χ1) is 10.1. The highest BCUT2D eigenvalue weighted by Crippen LogP contribution is 2.25. The molecule has 0 unspecified atom stereocenters. The summed E-state index contributed by atoms with van der Waals surface area (Å²) < 4.78 is 19.0. The molecule has 0 spiro atoms. The van der Waals surface area contributed by atoms with Crippen LogP contribution >= 0.6 is 11.8 Å². The van der Waals surface area contributed by atoms with Gasteiger partial charge in [0.1, 0.15) is 17.1 Å². The van der Waals surface area contributed by atoms with Crippen molar-refractivity contribution in [3.05, 3.63) is 59.4 Å². The Bertz CT molecular complexity index is 643. The number of aromatic carboxylic acids is 1. The molecule has 3 nitrogen and oxygen atoms in total. The molecule has 0 aliphatic carbocycles. The molecule has 5 heteroatoms. The van der Waals surface area contributed by atoms with Crippen LogP contribution in [0.25, 0.3) is 0 Å². The normalized spacial score (nSPS) is 10.4. The lowest BCUT2D eigenvalue weighted by Crippen LogP contribution is -2.07. The number of para-hydroxylation sites is 1. The van der Waals surface area contributed by atoms with Crippen LogP contribution in [0.4, 0.5) is 4.39 Å². The molecule has 0 amide bonds. The number of thioether (sulfide) groups is 1. The van der Waals surface area contributed by atoms with Gasteiger partial charge in [0.05, 0.1) is 6.61 Å². The third kappa shape index (κ3) is 3.98. The van der Waals surface area contributed by atoms with E-state index in [9.17, 15) is 9.18 Å². The molecule has 0 aliphatic heterocycles. The summed E-state index contributed by atoms with van der Waals surface area (Å²) in [4.78, 5) is 11.7. The van der Waals surface area contributed by atoms with E-state index in [1.54, 1.807) is 37.3 Å². The maximum atomic E-state index is 13.4. The van der Waals surface area contributed by atoms with E-state index in [-0.39, 0.29) is 11.4 Å². The predicted molar refractivity (Wildman–Crippen MR) is 80.8 cm³/mol. The molecule has 0 aliphatic rings. The molecule has 0 bridgehead atoms. The molecule has 0 aromatic heterocycles. The average Bonchev–Trinajstić information content (AvgIpc) is 2.46. The van der Waals surface area contributed by atoms with Gasteiger partial charge in [0, 0.05) is 10.6 Å². The highest BCUT2D eigenvalue weighted by Gasteiger charge is 2.13. The van der Waals surface area contributed by atoms with E-state index in [4.69, 9.17) is 9.84 Å². The molecule has 0 saturated heterocycles. The zero-order valence-electron chi connectivity index (χ0n) is 11.5. The molecule has 0 fully saturated rings. The third-order valence-corrected chi connectivity index (χ3v) is 3.88. The van der Waals surface area contributed by atoms with Crippen molar-refractivity contribution in [3.63, 3.8) is 0 Å². The largest absolute Gasteiger partial charge is 0.492 e. The minimum atomic E-state index is -1.02. The summed E-state index contributed by atoms with van der Waals surface area (Å²) in [5, 5.41) is 9.13. The van der Waals surface area contributed by atoms with Gasteiger partial charge >= 0.3 is 5.97 Å². The standard InChI is InChI=1S/C16H15FO3S/c1-11-5-4-6-12(16(18)19)15(11)20-9-10-21-14-8-3-2-7-13(14)17/h2-8H,9-10H2,1H3,(H,18,19). The maximum Gasteiger partial charge on any atom is 0.339 e. The van der Waals surface area contributed by atoms with Gasteiger partial charge in [-0.05, 0) is 30.7 Å². The molecule has 21 heavy (non-hydrogen) atoms. The average molecular weight is 306 g/mol. The van der Waals surface area contributed by atoms with E-state index < -0.39 is 5.97 Å². The van der Waals surface area contributed by atoms with Gasteiger partial charge in [0.15, 0.2) is 0 Å². The van der Waals surface area contributed by atoms with Crippen LogP contribution in [0.15, 0.2) is 47.4 Å². The number of hydrogen-bond acceptors (Lipinski definition) is 3. The highest BCUT2D eigenvalue weighted by atomic mass is 32.2. The Morgan fingerprint density at radius 2 is 2.00 bits per heavy atom. The first kappa shape index (κ1) is 15.4. The van der Waals surface area contributed by atoms with Crippen LogP contribution in [0.1, 0.15) is 15.9 Å². The van der Waals surface area contributed by atoms with Crippen LogP contribution in [-0.4, -0.2) is 23.4 Å². The Labute approximate surface area is 126 Å². The molecule has 0 radical (unpaired) electrons. The van der Waals surface area contributed by atoms with Gasteiger partial charge in [0.25, 0.3) is 0 Å². The van der Waals surface area contributed by atoms with E-state index in [1.165, 1.54) is 23.9 Å². The molecule has 2 aromatic carbocycles. The van der Waals surface area contributed by atoms with Gasteiger partial charge < -0.3 is 9.84 Å². The molecule has 0 atom stereocenters. The van der Waals surface area contributed by atoms with Crippen LogP contribution in [0.3, 0.4) is 0 Å². The minimum Gasteiger partial charge on any atom is -0.492 e. The molecular formula is C16H15FO3S. The number of carboxylic acid groups (broad SMARTS) is 1. The zero-order valence-corrected chi connectivity index (χ0v) is 12.3. The van der Waals surface area contributed by atoms with Crippen LogP contribution in [-0.2, 0) is 0 Å². The van der Waals surface area contributed by atoms with E-state index in [0.717, 1.165) is 5.56 Å². The summed E-state index contributed by atoms with van der Waals surface area (Å²) in [6.07, 6.45) is 0. The lowest BCUT2D eigenvalue weighted by molar-refractivity contribution is 0.0692. The van der Waals surface area contributed by atoms with Crippen molar-refractivity contribution in [2.75, 3.05) is 12.4 Å². The van der Waals surface area contributed by atoms with Crippen molar-refractivity contribution in [3.8, 4) is 5.75 Å². The minimum absolute atomic E-state index is 0.144. The van der Waals surface area contributed by atoms with Gasteiger partial charge in [0.2, 0.25) is 0 Å². The predicted octanol–water partition coefficient (Wildman–Crippen LogP) is 4.00. The van der Waals surface area contributed by atoms with Gasteiger partial charge in [-0.25, -0.2) is 9.18 Å². The number of halogens is 1. The van der Waals surface area contributed by atoms with Crippen molar-refractivity contribution in [1.29, 1.82) is 0 Å². The van der Waals surface area contributed by atoms with E-state index in [2.05, 4.69) is 0 Å². The van der Waals surface area contributed by atoms with Gasteiger partial charge in [-0.15, -0.1) is 11.8 Å². The van der Waals surface area contributed by atoms with E-state index in [0.29, 0.717) is 23.0 Å². The lowest BCUT2D eigenvalue weighted by atomic mass is 10.1. The lowest BCUT2D eigenvalue weighted by Gasteiger charge is -2.11. The Morgan fingerprint density at radius 1 is 1.24 bits per heavy atom. The molecule has 0 heterocycles. The summed E-state index contributed by atoms with van der Waals surface area (Å²) >= 11 is 1.34. The fraction of sp³-hybridized carbons (Fsp3) is 0.188. The van der Waals surface area contributed by atoms with Crippen LogP contribution in [0, 0.1) is 12.7 Å². The van der Waals surface area contributed by atoms with E-state index >= 15 is 0 Å². The zero-order chi connectivity index (χ0) is 15.2. The fourth-order valence-corrected chi connectivity index (χ4v) is 2.64. The highest BCUT2D eigenvalue weighted by molar-refractivity contribution is 7.99. The molecule has 0 saturated carbocycles. The van der Waals surface area contributed by atoms with Crippen molar-refractivity contribution in [2.45, 2.75) is 11.8 Å². The summed E-state index contributed by atoms with van der Waals surface area (Å²) in [6.45, 7) is 2.11. The first-order valence-electron chi connectivity index (χ1n) is 6.42. The summed E-state index contributed by atoms with van der Waals surface area (Å²) in [5.41, 5.74) is 0.914. The maximum absolute atomic E-state index is 13.4. The number of carboxylic acids is 1. The molecule has 110 valence electrons. The number of carbonyl (C=O) groups is 1. The second-order valence-corrected chi connectivity index (χ2v) is 5.52. The Balaban J connectivity index is 1.95. The number of ether oxygens (including phenoxy) is 1. The molecule has 2 aromatic rings. The van der Waals surface area contributed by atoms with Crippen LogP contribution in [0.5, 0.6) is 5.75 Å². The van der Waals surface area contributed by atoms with Crippen molar-refractivity contribution < 1.29 is 19.0 Å². The second kappa shape index (κ2) is 7.13. The summed E-state index contributed by atoms with van der Waals surface area (Å²) in [7, 11) is 0. The molecular weight excluding hydrogens is 291 g/mol. The number of hydrogen-bond donors (Lipinski definition) is 1. The summed E-state index contributed by atoms with van der Waals surface area (Å²) in [5.74, 6) is -0.367. The van der Waals surface area contributed by atoms with Crippen molar-refractivity contribution >= 4 is 17.7 Å². The SMILES string of the molecule is Cc1cccc(C(=O)O)c1OCCSc1ccccc1F. The quantitative estimate of drug-likeness (QED) is 0.647. The Morgan fingerprint density at radius 3 is 2.71 bits per heavy atom. The van der Waals surface area contributed by atoms with Crippen molar-refractivity contribution in [2.24, 2.45) is 0 Å². The van der Waals surface area contributed by atoms with Gasteiger partial charge in [-0.1, -0.05) is 24.3 Å². The third-order valence-electron chi connectivity index (χ3n) is 2.87. The van der Waals surface area contributed by atoms with E-state index in [1.807, 2.05) is 0 Å². The topological polar surface area (TPSA) is 46.5 Å². The monoisotopic (exact) mass is 306 g/mol. The first-order valence-corrected chi connectivity index (χ1v) is 7.41. The molecule has 1 N–H and O–H groups in total. The number of rotatable bonds is 6. The van der Waals surface area contributed by atoms with Crippen LogP contribution in [0.2, 0.25) is 0 Å². The number of aryl methyl sites for hydroxylation is 1. The Hall–Kier alpha value is -2.01.